The molecule has 2 rings (SSSR count). The summed E-state index contributed by atoms with van der Waals surface area (Å²) in [5.74, 6) is -0.257. The predicted octanol–water partition coefficient (Wildman–Crippen LogP) is 1.89. The van der Waals surface area contributed by atoms with E-state index in [4.69, 9.17) is 0 Å². The lowest BCUT2D eigenvalue weighted by molar-refractivity contribution is -0.385. The molecule has 0 spiro atoms. The van der Waals surface area contributed by atoms with Gasteiger partial charge >= 0.3 is 0 Å². The van der Waals surface area contributed by atoms with E-state index in [9.17, 15) is 20.0 Å². The number of hydrogen-bond donors (Lipinski definition) is 1. The maximum atomic E-state index is 12.3. The Morgan fingerprint density at radius 3 is 2.70 bits per heavy atom. The zero-order valence-electron chi connectivity index (χ0n) is 11.6. The summed E-state index contributed by atoms with van der Waals surface area (Å²) < 4.78 is 0. The fraction of sp³-hybridized carbons (Fsp3) is 0.500. The highest BCUT2D eigenvalue weighted by Gasteiger charge is 2.43. The molecule has 20 heavy (non-hydrogen) atoms. The topological polar surface area (TPSA) is 83.7 Å². The SMILES string of the molecule is CCCC1(O)CN(C(=O)c2cccc([N+](=O)[O-])c2C)C1. The first kappa shape index (κ1) is 14.5. The van der Waals surface area contributed by atoms with Gasteiger partial charge in [-0.25, -0.2) is 0 Å². The van der Waals surface area contributed by atoms with Gasteiger partial charge in [0.05, 0.1) is 23.6 Å². The molecule has 6 nitrogen and oxygen atoms in total. The fourth-order valence-electron chi connectivity index (χ4n) is 2.65. The molecule has 1 saturated heterocycles. The number of benzene rings is 1. The Hall–Kier alpha value is -1.95. The molecule has 1 aliphatic rings. The van der Waals surface area contributed by atoms with Gasteiger partial charge in [-0.05, 0) is 19.4 Å². The molecule has 108 valence electrons. The van der Waals surface area contributed by atoms with E-state index in [1.807, 2.05) is 6.92 Å². The van der Waals surface area contributed by atoms with Crippen molar-refractivity contribution in [3.63, 3.8) is 0 Å². The summed E-state index contributed by atoms with van der Waals surface area (Å²) in [5, 5.41) is 21.0. The van der Waals surface area contributed by atoms with Crippen molar-refractivity contribution in [2.24, 2.45) is 0 Å². The first-order valence-electron chi connectivity index (χ1n) is 6.63. The first-order valence-corrected chi connectivity index (χ1v) is 6.63. The highest BCUT2D eigenvalue weighted by molar-refractivity contribution is 5.97. The van der Waals surface area contributed by atoms with Gasteiger partial charge in [0, 0.05) is 17.2 Å². The minimum atomic E-state index is -0.793. The molecule has 1 aromatic rings. The third kappa shape index (κ3) is 2.51. The summed E-state index contributed by atoms with van der Waals surface area (Å²) in [7, 11) is 0. The van der Waals surface area contributed by atoms with E-state index < -0.39 is 10.5 Å². The molecule has 0 aromatic heterocycles. The highest BCUT2D eigenvalue weighted by atomic mass is 16.6. The average Bonchev–Trinajstić information content (AvgIpc) is 2.35. The zero-order chi connectivity index (χ0) is 14.9. The van der Waals surface area contributed by atoms with E-state index in [1.165, 1.54) is 17.0 Å². The average molecular weight is 278 g/mol. The zero-order valence-corrected chi connectivity index (χ0v) is 11.6. The van der Waals surface area contributed by atoms with Crippen LogP contribution in [0.1, 0.15) is 35.7 Å². The Morgan fingerprint density at radius 1 is 1.50 bits per heavy atom. The lowest BCUT2D eigenvalue weighted by atomic mass is 9.88. The van der Waals surface area contributed by atoms with E-state index in [1.54, 1.807) is 13.0 Å². The second-order valence-corrected chi connectivity index (χ2v) is 5.34. The molecular weight excluding hydrogens is 260 g/mol. The van der Waals surface area contributed by atoms with Crippen LogP contribution in [0.2, 0.25) is 0 Å². The first-order chi connectivity index (χ1) is 9.38. The number of rotatable bonds is 4. The number of aliphatic hydroxyl groups is 1. The van der Waals surface area contributed by atoms with Gasteiger partial charge in [0.25, 0.3) is 11.6 Å². The molecule has 0 bridgehead atoms. The largest absolute Gasteiger partial charge is 0.386 e. The monoisotopic (exact) mass is 278 g/mol. The summed E-state index contributed by atoms with van der Waals surface area (Å²) in [6.07, 6.45) is 1.51. The number of nitro groups is 1. The maximum absolute atomic E-state index is 12.3. The Kier molecular flexibility index (Phi) is 3.76. The van der Waals surface area contributed by atoms with Crippen LogP contribution in [-0.2, 0) is 0 Å². The molecule has 0 saturated carbocycles. The molecule has 0 aliphatic carbocycles. The minimum absolute atomic E-state index is 0.0554. The second kappa shape index (κ2) is 5.20. The van der Waals surface area contributed by atoms with Gasteiger partial charge in [0.2, 0.25) is 0 Å². The molecule has 1 amide bonds. The fourth-order valence-corrected chi connectivity index (χ4v) is 2.65. The third-order valence-corrected chi connectivity index (χ3v) is 3.71. The number of carbonyl (C=O) groups excluding carboxylic acids is 1. The lowest BCUT2D eigenvalue weighted by Gasteiger charge is -2.46. The normalized spacial score (nSPS) is 16.6. The number of hydrogen-bond acceptors (Lipinski definition) is 4. The van der Waals surface area contributed by atoms with Crippen molar-refractivity contribution in [1.82, 2.24) is 4.90 Å². The molecule has 0 unspecified atom stereocenters. The minimum Gasteiger partial charge on any atom is -0.386 e. The van der Waals surface area contributed by atoms with Crippen LogP contribution in [0.15, 0.2) is 18.2 Å². The number of carbonyl (C=O) groups is 1. The van der Waals surface area contributed by atoms with Crippen molar-refractivity contribution in [2.75, 3.05) is 13.1 Å². The van der Waals surface area contributed by atoms with E-state index in [0.717, 1.165) is 6.42 Å². The second-order valence-electron chi connectivity index (χ2n) is 5.34. The standard InChI is InChI=1S/C14H18N2O4/c1-3-7-14(18)8-15(9-14)13(17)11-5-4-6-12(10(11)2)16(19)20/h4-6,18H,3,7-9H2,1-2H3. The summed E-state index contributed by atoms with van der Waals surface area (Å²) >= 11 is 0. The maximum Gasteiger partial charge on any atom is 0.273 e. The molecule has 0 radical (unpaired) electrons. The summed E-state index contributed by atoms with van der Waals surface area (Å²) in [5.41, 5.74) is -0.148. The summed E-state index contributed by atoms with van der Waals surface area (Å²) in [6, 6.07) is 4.48. The quantitative estimate of drug-likeness (QED) is 0.673. The van der Waals surface area contributed by atoms with Crippen LogP contribution in [0.3, 0.4) is 0 Å². The number of amides is 1. The van der Waals surface area contributed by atoms with Crippen molar-refractivity contribution in [3.8, 4) is 0 Å². The van der Waals surface area contributed by atoms with Crippen LogP contribution in [0, 0.1) is 17.0 Å². The third-order valence-electron chi connectivity index (χ3n) is 3.71. The number of β-amino-alcohol motifs (C(OH)–C–C–N with tert-alkyl or cyclic N) is 1. The number of nitro benzene ring substituents is 1. The molecular formula is C14H18N2O4. The summed E-state index contributed by atoms with van der Waals surface area (Å²) in [6.45, 7) is 4.14. The van der Waals surface area contributed by atoms with Gasteiger partial charge < -0.3 is 10.0 Å². The van der Waals surface area contributed by atoms with Gasteiger partial charge in [0.1, 0.15) is 0 Å². The van der Waals surface area contributed by atoms with Crippen LogP contribution in [-0.4, -0.2) is 39.5 Å². The van der Waals surface area contributed by atoms with E-state index >= 15 is 0 Å². The van der Waals surface area contributed by atoms with E-state index in [2.05, 4.69) is 0 Å². The van der Waals surface area contributed by atoms with Crippen molar-refractivity contribution >= 4 is 11.6 Å². The van der Waals surface area contributed by atoms with Gasteiger partial charge in [-0.3, -0.25) is 14.9 Å². The van der Waals surface area contributed by atoms with Gasteiger partial charge in [-0.15, -0.1) is 0 Å². The van der Waals surface area contributed by atoms with Crippen molar-refractivity contribution in [2.45, 2.75) is 32.3 Å². The van der Waals surface area contributed by atoms with Gasteiger partial charge in [-0.1, -0.05) is 19.4 Å². The van der Waals surface area contributed by atoms with E-state index in [-0.39, 0.29) is 11.6 Å². The van der Waals surface area contributed by atoms with Crippen LogP contribution >= 0.6 is 0 Å². The molecule has 1 aliphatic heterocycles. The molecule has 1 N–H and O–H groups in total. The lowest BCUT2D eigenvalue weighted by Crippen LogP contribution is -2.63. The van der Waals surface area contributed by atoms with Crippen molar-refractivity contribution < 1.29 is 14.8 Å². The molecule has 1 fully saturated rings. The Labute approximate surface area is 117 Å². The highest BCUT2D eigenvalue weighted by Crippen LogP contribution is 2.29. The Morgan fingerprint density at radius 2 is 2.15 bits per heavy atom. The van der Waals surface area contributed by atoms with Gasteiger partial charge in [-0.2, -0.15) is 0 Å². The van der Waals surface area contributed by atoms with Crippen LogP contribution < -0.4 is 0 Å². The van der Waals surface area contributed by atoms with Gasteiger partial charge in [0.15, 0.2) is 0 Å². The smallest absolute Gasteiger partial charge is 0.273 e. The van der Waals surface area contributed by atoms with Crippen LogP contribution in [0.25, 0.3) is 0 Å². The molecule has 1 heterocycles. The molecule has 1 aromatic carbocycles. The number of nitrogens with zero attached hydrogens (tertiary/aromatic N) is 2. The summed E-state index contributed by atoms with van der Waals surface area (Å²) in [4.78, 5) is 24.2. The molecule has 6 heteroatoms. The van der Waals surface area contributed by atoms with E-state index in [0.29, 0.717) is 30.6 Å². The molecule has 0 atom stereocenters. The van der Waals surface area contributed by atoms with Crippen molar-refractivity contribution in [1.29, 1.82) is 0 Å². The Bertz CT molecular complexity index is 550. The Balaban J connectivity index is 2.16. The van der Waals surface area contributed by atoms with Crippen LogP contribution in [0.5, 0.6) is 0 Å². The predicted molar refractivity (Wildman–Crippen MR) is 73.6 cm³/mol. The van der Waals surface area contributed by atoms with Crippen molar-refractivity contribution in [3.05, 3.63) is 39.4 Å². The number of likely N-dealkylation sites (tertiary alicyclic amines) is 1. The van der Waals surface area contributed by atoms with Crippen LogP contribution in [0.4, 0.5) is 5.69 Å².